The van der Waals surface area contributed by atoms with Gasteiger partial charge in [-0.05, 0) is 44.4 Å². The van der Waals surface area contributed by atoms with Crippen molar-refractivity contribution in [3.8, 4) is 11.5 Å². The van der Waals surface area contributed by atoms with E-state index in [1.807, 2.05) is 30.0 Å². The first-order chi connectivity index (χ1) is 12.5. The van der Waals surface area contributed by atoms with Crippen LogP contribution in [-0.4, -0.2) is 34.1 Å². The molecule has 2 aliphatic rings. The highest BCUT2D eigenvalue weighted by Gasteiger charge is 2.32. The summed E-state index contributed by atoms with van der Waals surface area (Å²) in [6.45, 7) is 4.46. The van der Waals surface area contributed by atoms with Crippen LogP contribution in [0.15, 0.2) is 23.0 Å². The fourth-order valence-electron chi connectivity index (χ4n) is 3.50. The Bertz CT molecular complexity index is 921. The molecule has 1 aromatic heterocycles. The standard InChI is InChI=1S/C19H21N3O4/c1-11-12(2)20-18(21-19(11)24)14-4-3-7-22(14)17(23)9-13-5-6-15-16(8-13)26-10-25-15/h5-6,8,14H,3-4,7,9-10H2,1-2H3,(H,20,21,24)/t14-/m1/s1. The molecule has 1 aromatic carbocycles. The van der Waals surface area contributed by atoms with Crippen LogP contribution in [0.3, 0.4) is 0 Å². The van der Waals surface area contributed by atoms with Crippen molar-refractivity contribution < 1.29 is 14.3 Å². The van der Waals surface area contributed by atoms with Gasteiger partial charge in [-0.2, -0.15) is 0 Å². The third-order valence-electron chi connectivity index (χ3n) is 5.09. The van der Waals surface area contributed by atoms with Crippen molar-refractivity contribution in [3.05, 3.63) is 51.2 Å². The van der Waals surface area contributed by atoms with E-state index in [0.717, 1.165) is 18.4 Å². The van der Waals surface area contributed by atoms with E-state index in [4.69, 9.17) is 9.47 Å². The van der Waals surface area contributed by atoms with E-state index < -0.39 is 0 Å². The summed E-state index contributed by atoms with van der Waals surface area (Å²) in [6, 6.07) is 5.38. The molecule has 0 unspecified atom stereocenters. The maximum absolute atomic E-state index is 12.9. The third-order valence-corrected chi connectivity index (χ3v) is 5.09. The number of nitrogens with zero attached hydrogens (tertiary/aromatic N) is 2. The van der Waals surface area contributed by atoms with Crippen molar-refractivity contribution in [1.29, 1.82) is 0 Å². The first-order valence-electron chi connectivity index (χ1n) is 8.78. The number of likely N-dealkylation sites (tertiary alicyclic amines) is 1. The molecule has 26 heavy (non-hydrogen) atoms. The Morgan fingerprint density at radius 3 is 2.92 bits per heavy atom. The molecule has 0 radical (unpaired) electrons. The van der Waals surface area contributed by atoms with Crippen molar-refractivity contribution in [2.75, 3.05) is 13.3 Å². The molecule has 0 bridgehead atoms. The van der Waals surface area contributed by atoms with Crippen LogP contribution >= 0.6 is 0 Å². The number of aryl methyl sites for hydroxylation is 1. The van der Waals surface area contributed by atoms with Crippen LogP contribution in [-0.2, 0) is 11.2 Å². The Morgan fingerprint density at radius 1 is 1.31 bits per heavy atom. The zero-order valence-corrected chi connectivity index (χ0v) is 14.9. The molecule has 3 heterocycles. The van der Waals surface area contributed by atoms with Crippen LogP contribution in [0, 0.1) is 13.8 Å². The van der Waals surface area contributed by atoms with E-state index in [1.54, 1.807) is 6.92 Å². The summed E-state index contributed by atoms with van der Waals surface area (Å²) in [6.07, 6.45) is 1.98. The number of aromatic amines is 1. The largest absolute Gasteiger partial charge is 0.454 e. The molecule has 1 saturated heterocycles. The number of amides is 1. The second-order valence-corrected chi connectivity index (χ2v) is 6.77. The topological polar surface area (TPSA) is 84.5 Å². The minimum atomic E-state index is -0.177. The fraction of sp³-hybridized carbons (Fsp3) is 0.421. The highest BCUT2D eigenvalue weighted by molar-refractivity contribution is 5.79. The Labute approximate surface area is 151 Å². The molecule has 1 N–H and O–H groups in total. The normalized spacial score (nSPS) is 18.4. The number of carbonyl (C=O) groups is 1. The molecular formula is C19H21N3O4. The Hall–Kier alpha value is -2.83. The number of ether oxygens (including phenoxy) is 2. The minimum Gasteiger partial charge on any atom is -0.454 e. The third kappa shape index (κ3) is 2.94. The number of benzene rings is 1. The Kier molecular flexibility index (Phi) is 4.14. The number of nitrogens with one attached hydrogen (secondary N) is 1. The molecule has 0 aliphatic carbocycles. The van der Waals surface area contributed by atoms with Crippen molar-refractivity contribution in [1.82, 2.24) is 14.9 Å². The van der Waals surface area contributed by atoms with E-state index in [1.165, 1.54) is 0 Å². The maximum atomic E-state index is 12.9. The van der Waals surface area contributed by atoms with Gasteiger partial charge in [-0.25, -0.2) is 4.98 Å². The van der Waals surface area contributed by atoms with E-state index >= 15 is 0 Å². The molecule has 1 fully saturated rings. The van der Waals surface area contributed by atoms with E-state index in [-0.39, 0.29) is 30.7 Å². The quantitative estimate of drug-likeness (QED) is 0.911. The van der Waals surface area contributed by atoms with Crippen LogP contribution in [0.1, 0.15) is 41.5 Å². The van der Waals surface area contributed by atoms with E-state index in [9.17, 15) is 9.59 Å². The summed E-state index contributed by atoms with van der Waals surface area (Å²) < 4.78 is 10.7. The summed E-state index contributed by atoms with van der Waals surface area (Å²) in [5.74, 6) is 1.98. The zero-order chi connectivity index (χ0) is 18.3. The molecule has 1 amide bonds. The van der Waals surface area contributed by atoms with Crippen LogP contribution in [0.2, 0.25) is 0 Å². The van der Waals surface area contributed by atoms with Crippen molar-refractivity contribution in [3.63, 3.8) is 0 Å². The zero-order valence-electron chi connectivity index (χ0n) is 14.9. The molecule has 0 spiro atoms. The average molecular weight is 355 g/mol. The molecule has 136 valence electrons. The van der Waals surface area contributed by atoms with Gasteiger partial charge in [0, 0.05) is 17.8 Å². The van der Waals surface area contributed by atoms with Gasteiger partial charge in [-0.1, -0.05) is 6.07 Å². The first kappa shape index (κ1) is 16.6. The summed E-state index contributed by atoms with van der Waals surface area (Å²) in [5, 5.41) is 0. The number of fused-ring (bicyclic) bond motifs is 1. The molecule has 7 nitrogen and oxygen atoms in total. The molecule has 4 rings (SSSR count). The highest BCUT2D eigenvalue weighted by atomic mass is 16.7. The average Bonchev–Trinajstić information content (AvgIpc) is 3.27. The SMILES string of the molecule is Cc1nc([C@H]2CCCN2C(=O)Cc2ccc3c(c2)OCO3)[nH]c(=O)c1C. The monoisotopic (exact) mass is 355 g/mol. The van der Waals surface area contributed by atoms with Gasteiger partial charge < -0.3 is 19.4 Å². The molecule has 2 aliphatic heterocycles. The lowest BCUT2D eigenvalue weighted by molar-refractivity contribution is -0.131. The van der Waals surface area contributed by atoms with Crippen LogP contribution in [0.4, 0.5) is 0 Å². The first-order valence-corrected chi connectivity index (χ1v) is 8.78. The minimum absolute atomic E-state index is 0.0206. The second kappa shape index (κ2) is 6.48. The molecular weight excluding hydrogens is 334 g/mol. The van der Waals surface area contributed by atoms with E-state index in [0.29, 0.717) is 35.1 Å². The van der Waals surface area contributed by atoms with Gasteiger partial charge in [-0.3, -0.25) is 9.59 Å². The molecule has 1 atom stereocenters. The summed E-state index contributed by atoms with van der Waals surface area (Å²) in [5.41, 5.74) is 2.07. The lowest BCUT2D eigenvalue weighted by atomic mass is 10.1. The van der Waals surface area contributed by atoms with Crippen LogP contribution < -0.4 is 15.0 Å². The van der Waals surface area contributed by atoms with Gasteiger partial charge in [0.25, 0.3) is 5.56 Å². The molecule has 0 saturated carbocycles. The molecule has 7 heteroatoms. The number of hydrogen-bond acceptors (Lipinski definition) is 5. The van der Waals surface area contributed by atoms with Gasteiger partial charge in [0.1, 0.15) is 5.82 Å². The van der Waals surface area contributed by atoms with E-state index in [2.05, 4.69) is 9.97 Å². The van der Waals surface area contributed by atoms with Gasteiger partial charge in [0.15, 0.2) is 11.5 Å². The lowest BCUT2D eigenvalue weighted by Crippen LogP contribution is -2.34. The summed E-state index contributed by atoms with van der Waals surface area (Å²) in [4.78, 5) is 34.1. The number of rotatable bonds is 3. The Balaban J connectivity index is 1.54. The lowest BCUT2D eigenvalue weighted by Gasteiger charge is -2.24. The predicted molar refractivity (Wildman–Crippen MR) is 94.3 cm³/mol. The Morgan fingerprint density at radius 2 is 2.12 bits per heavy atom. The van der Waals surface area contributed by atoms with Gasteiger partial charge in [-0.15, -0.1) is 0 Å². The fourth-order valence-corrected chi connectivity index (χ4v) is 3.50. The van der Waals surface area contributed by atoms with Gasteiger partial charge in [0.05, 0.1) is 12.5 Å². The number of carbonyl (C=O) groups excluding carboxylic acids is 1. The number of aromatic nitrogens is 2. The predicted octanol–water partition coefficient (Wildman–Crippen LogP) is 2.02. The van der Waals surface area contributed by atoms with Gasteiger partial charge >= 0.3 is 0 Å². The summed E-state index contributed by atoms with van der Waals surface area (Å²) >= 11 is 0. The van der Waals surface area contributed by atoms with Crippen LogP contribution in [0.5, 0.6) is 11.5 Å². The maximum Gasteiger partial charge on any atom is 0.254 e. The summed E-state index contributed by atoms with van der Waals surface area (Å²) in [7, 11) is 0. The van der Waals surface area contributed by atoms with Crippen LogP contribution in [0.25, 0.3) is 0 Å². The van der Waals surface area contributed by atoms with Crippen molar-refractivity contribution in [2.45, 2.75) is 39.2 Å². The van der Waals surface area contributed by atoms with Crippen molar-refractivity contribution >= 4 is 5.91 Å². The smallest absolute Gasteiger partial charge is 0.254 e. The molecule has 2 aromatic rings. The number of hydrogen-bond donors (Lipinski definition) is 1. The van der Waals surface area contributed by atoms with Gasteiger partial charge in [0.2, 0.25) is 12.7 Å². The second-order valence-electron chi connectivity index (χ2n) is 6.77. The highest BCUT2D eigenvalue weighted by Crippen LogP contribution is 2.34. The number of H-pyrrole nitrogens is 1. The van der Waals surface area contributed by atoms with Crippen molar-refractivity contribution in [2.24, 2.45) is 0 Å².